The molecule has 0 aliphatic carbocycles. The Bertz CT molecular complexity index is 869. The summed E-state index contributed by atoms with van der Waals surface area (Å²) in [4.78, 5) is 15.0. The van der Waals surface area contributed by atoms with E-state index in [9.17, 15) is 18.7 Å². The van der Waals surface area contributed by atoms with Crippen LogP contribution >= 0.6 is 0 Å². The first-order chi connectivity index (χ1) is 11.6. The van der Waals surface area contributed by atoms with Crippen LogP contribution in [0.5, 0.6) is 17.2 Å². The van der Waals surface area contributed by atoms with Crippen LogP contribution in [0.1, 0.15) is 11.6 Å². The molecule has 1 atom stereocenters. The summed E-state index contributed by atoms with van der Waals surface area (Å²) in [6.07, 6.45) is 3.23. The number of carbonyl (C=O) groups is 1. The number of carbonyl (C=O) groups excluding carboxylic acids is 1. The molecule has 0 fully saturated rings. The van der Waals surface area contributed by atoms with Gasteiger partial charge in [-0.2, -0.15) is 5.10 Å². The van der Waals surface area contributed by atoms with Gasteiger partial charge in [-0.05, 0) is 24.3 Å². The lowest BCUT2D eigenvalue weighted by molar-refractivity contribution is -0.109. The first-order valence-electron chi connectivity index (χ1n) is 6.83. The van der Waals surface area contributed by atoms with E-state index in [-0.39, 0.29) is 17.2 Å². The highest BCUT2D eigenvalue weighted by Gasteiger charge is 2.18. The third-order valence-electron chi connectivity index (χ3n) is 3.30. The molecule has 0 aliphatic heterocycles. The molecule has 1 N–H and O–H groups in total. The summed E-state index contributed by atoms with van der Waals surface area (Å²) in [5, 5.41) is 14.0. The standard InChI is InChI=1S/C16H11F2N3O3/c17-13-4-2-10(5-14(13)18)24-11-1-3-12(16(23)6-11)15(7-22)21-9-19-8-20-21/h1-9,15,23H. The van der Waals surface area contributed by atoms with Crippen molar-refractivity contribution in [1.29, 1.82) is 0 Å². The molecule has 8 heteroatoms. The van der Waals surface area contributed by atoms with Gasteiger partial charge in [0.2, 0.25) is 0 Å². The van der Waals surface area contributed by atoms with Crippen LogP contribution in [0.15, 0.2) is 49.1 Å². The second kappa shape index (κ2) is 6.45. The Morgan fingerprint density at radius 1 is 1.12 bits per heavy atom. The number of aldehydes is 1. The number of aromatic nitrogens is 3. The first-order valence-corrected chi connectivity index (χ1v) is 6.83. The van der Waals surface area contributed by atoms with E-state index in [4.69, 9.17) is 4.74 Å². The quantitative estimate of drug-likeness (QED) is 0.728. The van der Waals surface area contributed by atoms with Gasteiger partial charge in [-0.3, -0.25) is 0 Å². The topological polar surface area (TPSA) is 77.2 Å². The summed E-state index contributed by atoms with van der Waals surface area (Å²) >= 11 is 0. The van der Waals surface area contributed by atoms with Crippen LogP contribution in [-0.2, 0) is 4.79 Å². The summed E-state index contributed by atoms with van der Waals surface area (Å²) < 4.78 is 32.7. The lowest BCUT2D eigenvalue weighted by Crippen LogP contribution is -2.12. The van der Waals surface area contributed by atoms with Crippen molar-refractivity contribution >= 4 is 6.29 Å². The van der Waals surface area contributed by atoms with Crippen molar-refractivity contribution in [2.24, 2.45) is 0 Å². The Morgan fingerprint density at radius 3 is 2.50 bits per heavy atom. The van der Waals surface area contributed by atoms with Gasteiger partial charge in [-0.1, -0.05) is 0 Å². The molecule has 1 heterocycles. The molecule has 1 aromatic heterocycles. The summed E-state index contributed by atoms with van der Waals surface area (Å²) in [5.74, 6) is -1.96. The summed E-state index contributed by atoms with van der Waals surface area (Å²) in [6.45, 7) is 0. The lowest BCUT2D eigenvalue weighted by Gasteiger charge is -2.14. The molecule has 0 amide bonds. The number of phenolic OH excluding ortho intramolecular Hbond substituents is 1. The molecule has 0 radical (unpaired) electrons. The molecule has 1 unspecified atom stereocenters. The normalized spacial score (nSPS) is 11.9. The number of nitrogens with zero attached hydrogens (tertiary/aromatic N) is 3. The average Bonchev–Trinajstić information content (AvgIpc) is 3.08. The minimum atomic E-state index is -1.04. The van der Waals surface area contributed by atoms with Gasteiger partial charge < -0.3 is 14.6 Å². The Kier molecular flexibility index (Phi) is 4.19. The summed E-state index contributed by atoms with van der Waals surface area (Å²) in [5.41, 5.74) is 0.299. The summed E-state index contributed by atoms with van der Waals surface area (Å²) in [7, 11) is 0. The average molecular weight is 331 g/mol. The monoisotopic (exact) mass is 331 g/mol. The molecule has 0 saturated carbocycles. The van der Waals surface area contributed by atoms with Gasteiger partial charge >= 0.3 is 0 Å². The van der Waals surface area contributed by atoms with E-state index in [1.165, 1.54) is 41.6 Å². The maximum atomic E-state index is 13.2. The van der Waals surface area contributed by atoms with Gasteiger partial charge in [0, 0.05) is 17.7 Å². The molecule has 122 valence electrons. The number of halogens is 2. The van der Waals surface area contributed by atoms with Gasteiger partial charge in [0.05, 0.1) is 0 Å². The van der Waals surface area contributed by atoms with Crippen LogP contribution in [0.3, 0.4) is 0 Å². The summed E-state index contributed by atoms with van der Waals surface area (Å²) in [6, 6.07) is 6.48. The highest BCUT2D eigenvalue weighted by molar-refractivity contribution is 5.64. The predicted octanol–water partition coefficient (Wildman–Crippen LogP) is 2.84. The molecule has 0 saturated heterocycles. The highest BCUT2D eigenvalue weighted by Crippen LogP contribution is 2.32. The number of phenols is 1. The van der Waals surface area contributed by atoms with E-state index in [0.29, 0.717) is 11.8 Å². The van der Waals surface area contributed by atoms with E-state index in [1.54, 1.807) is 0 Å². The Balaban J connectivity index is 1.86. The van der Waals surface area contributed by atoms with Crippen LogP contribution in [0.2, 0.25) is 0 Å². The second-order valence-corrected chi connectivity index (χ2v) is 4.86. The third kappa shape index (κ3) is 3.07. The smallest absolute Gasteiger partial charge is 0.162 e. The molecule has 24 heavy (non-hydrogen) atoms. The van der Waals surface area contributed by atoms with Crippen molar-refractivity contribution in [3.05, 3.63) is 66.3 Å². The zero-order valence-electron chi connectivity index (χ0n) is 12.1. The van der Waals surface area contributed by atoms with Crippen LogP contribution in [0.4, 0.5) is 8.78 Å². The predicted molar refractivity (Wildman–Crippen MR) is 78.8 cm³/mol. The van der Waals surface area contributed by atoms with Gasteiger partial charge in [0.1, 0.15) is 42.2 Å². The Labute approximate surface area is 135 Å². The van der Waals surface area contributed by atoms with Crippen molar-refractivity contribution in [3.8, 4) is 17.2 Å². The van der Waals surface area contributed by atoms with Crippen LogP contribution < -0.4 is 4.74 Å². The zero-order valence-corrected chi connectivity index (χ0v) is 12.1. The number of hydrogen-bond donors (Lipinski definition) is 1. The Hall–Kier alpha value is -3.29. The molecular weight excluding hydrogens is 320 g/mol. The van der Waals surface area contributed by atoms with Crippen molar-refractivity contribution < 1.29 is 23.4 Å². The minimum Gasteiger partial charge on any atom is -0.507 e. The highest BCUT2D eigenvalue weighted by atomic mass is 19.2. The number of rotatable bonds is 5. The van der Waals surface area contributed by atoms with Gasteiger partial charge in [-0.25, -0.2) is 18.4 Å². The van der Waals surface area contributed by atoms with E-state index < -0.39 is 17.7 Å². The number of hydrogen-bond acceptors (Lipinski definition) is 5. The van der Waals surface area contributed by atoms with Crippen molar-refractivity contribution in [2.45, 2.75) is 6.04 Å². The number of benzene rings is 2. The fourth-order valence-electron chi connectivity index (χ4n) is 2.15. The molecule has 2 aromatic carbocycles. The maximum Gasteiger partial charge on any atom is 0.162 e. The van der Waals surface area contributed by atoms with Crippen LogP contribution in [0.25, 0.3) is 0 Å². The zero-order chi connectivity index (χ0) is 17.1. The lowest BCUT2D eigenvalue weighted by atomic mass is 10.1. The molecule has 0 aliphatic rings. The molecule has 0 bridgehead atoms. The van der Waals surface area contributed by atoms with Crippen molar-refractivity contribution in [2.75, 3.05) is 0 Å². The fraction of sp³-hybridized carbons (Fsp3) is 0.0625. The largest absolute Gasteiger partial charge is 0.507 e. The maximum absolute atomic E-state index is 13.2. The van der Waals surface area contributed by atoms with Crippen LogP contribution in [0, 0.1) is 11.6 Å². The van der Waals surface area contributed by atoms with E-state index in [1.807, 2.05) is 0 Å². The SMILES string of the molecule is O=CC(c1ccc(Oc2ccc(F)c(F)c2)cc1O)n1cncn1. The van der Waals surface area contributed by atoms with Crippen molar-refractivity contribution in [1.82, 2.24) is 14.8 Å². The minimum absolute atomic E-state index is 0.0734. The van der Waals surface area contributed by atoms with Gasteiger partial charge in [-0.15, -0.1) is 0 Å². The molecule has 6 nitrogen and oxygen atoms in total. The molecule has 3 aromatic rings. The third-order valence-corrected chi connectivity index (χ3v) is 3.30. The molecule has 0 spiro atoms. The van der Waals surface area contributed by atoms with Gasteiger partial charge in [0.15, 0.2) is 11.6 Å². The van der Waals surface area contributed by atoms with Crippen molar-refractivity contribution in [3.63, 3.8) is 0 Å². The van der Waals surface area contributed by atoms with Crippen LogP contribution in [-0.4, -0.2) is 26.2 Å². The Morgan fingerprint density at radius 2 is 1.88 bits per heavy atom. The second-order valence-electron chi connectivity index (χ2n) is 4.86. The molecule has 3 rings (SSSR count). The van der Waals surface area contributed by atoms with E-state index in [2.05, 4.69) is 10.1 Å². The number of ether oxygens (including phenoxy) is 1. The molecular formula is C16H11F2N3O3. The van der Waals surface area contributed by atoms with E-state index >= 15 is 0 Å². The number of aromatic hydroxyl groups is 1. The van der Waals surface area contributed by atoms with Gasteiger partial charge in [0.25, 0.3) is 0 Å². The fourth-order valence-corrected chi connectivity index (χ4v) is 2.15. The van der Waals surface area contributed by atoms with E-state index in [0.717, 1.165) is 12.1 Å². The first kappa shape index (κ1) is 15.6.